The number of likely N-dealkylation sites (tertiary alicyclic amines) is 1. The quantitative estimate of drug-likeness (QED) is 0.271. The minimum Gasteiger partial charge on any atom is -0.493 e. The number of piperazine rings is 1. The molecule has 0 spiro atoms. The molecule has 256 valence electrons. The van der Waals surface area contributed by atoms with E-state index in [4.69, 9.17) is 27.9 Å². The largest absolute Gasteiger partial charge is 0.493 e. The molecule has 3 heterocycles. The summed E-state index contributed by atoms with van der Waals surface area (Å²) >= 11 is 12.5. The second kappa shape index (κ2) is 14.2. The van der Waals surface area contributed by atoms with E-state index in [0.717, 1.165) is 49.2 Å². The lowest BCUT2D eigenvalue weighted by Crippen LogP contribution is -2.60. The fourth-order valence-electron chi connectivity index (χ4n) is 7.01. The molecule has 2 atom stereocenters. The van der Waals surface area contributed by atoms with Crippen molar-refractivity contribution in [2.45, 2.75) is 43.7 Å². The van der Waals surface area contributed by atoms with Crippen LogP contribution in [-0.2, 0) is 21.4 Å². The molecule has 0 saturated carbocycles. The Balaban J connectivity index is 1.39. The Kier molecular flexibility index (Phi) is 10.2. The number of piperidine rings is 1. The summed E-state index contributed by atoms with van der Waals surface area (Å²) in [5, 5.41) is 11.1. The Hall–Kier alpha value is -3.35. The van der Waals surface area contributed by atoms with Gasteiger partial charge in [0.25, 0.3) is 5.91 Å². The highest BCUT2D eigenvalue weighted by molar-refractivity contribution is 6.30. The summed E-state index contributed by atoms with van der Waals surface area (Å²) in [6, 6.07) is 16.8. The van der Waals surface area contributed by atoms with E-state index in [0.29, 0.717) is 42.1 Å². The summed E-state index contributed by atoms with van der Waals surface area (Å²) in [5.41, 5.74) is -0.599. The standard InChI is InChI=1S/C35H38Cl2F3N5O3/c1-2-48-29-19-25(35(38,39)40)7-12-28(29)34(33(47)45-16-13-22(14-17-45)20-44-18-15-41-30(46)21-44)42-31(23-3-8-26(36)9-4-23)32(43-34)24-5-10-27(37)11-6-24/h3-12,19,22,31-32,42-43H,2,13-18,20-21H2,1H3,(H,41,46). The molecule has 2 amide bonds. The number of hydrogen-bond donors (Lipinski definition) is 3. The number of carbonyl (C=O) groups excluding carboxylic acids is 2. The zero-order valence-corrected chi connectivity index (χ0v) is 28.0. The molecule has 3 aliphatic heterocycles. The number of nitrogens with one attached hydrogen (secondary N) is 3. The summed E-state index contributed by atoms with van der Waals surface area (Å²) in [7, 11) is 0. The van der Waals surface area contributed by atoms with Crippen molar-refractivity contribution in [3.8, 4) is 5.75 Å². The van der Waals surface area contributed by atoms with Crippen molar-refractivity contribution in [2.24, 2.45) is 5.92 Å². The van der Waals surface area contributed by atoms with Crippen LogP contribution in [0.1, 0.15) is 54.1 Å². The first kappa shape index (κ1) is 34.5. The van der Waals surface area contributed by atoms with Crippen LogP contribution in [0.25, 0.3) is 0 Å². The average molecular weight is 705 g/mol. The second-order valence-corrected chi connectivity index (χ2v) is 13.4. The molecule has 3 aromatic rings. The molecular formula is C35H38Cl2F3N5O3. The van der Waals surface area contributed by atoms with Gasteiger partial charge in [-0.2, -0.15) is 13.2 Å². The van der Waals surface area contributed by atoms with Gasteiger partial charge in [0.2, 0.25) is 5.91 Å². The molecule has 8 nitrogen and oxygen atoms in total. The molecule has 3 aliphatic rings. The number of amides is 2. The highest BCUT2D eigenvalue weighted by Gasteiger charge is 2.55. The monoisotopic (exact) mass is 703 g/mol. The van der Waals surface area contributed by atoms with E-state index in [-0.39, 0.29) is 29.7 Å². The van der Waals surface area contributed by atoms with E-state index in [1.165, 1.54) is 6.07 Å². The number of alkyl halides is 3. The van der Waals surface area contributed by atoms with Crippen molar-refractivity contribution in [2.75, 3.05) is 45.9 Å². The molecule has 2 unspecified atom stereocenters. The number of ether oxygens (including phenoxy) is 1. The first-order valence-electron chi connectivity index (χ1n) is 16.2. The normalized spacial score (nSPS) is 24.0. The lowest BCUT2D eigenvalue weighted by Gasteiger charge is -2.40. The fraction of sp³-hybridized carbons (Fsp3) is 0.429. The number of rotatable bonds is 8. The number of hydrogen-bond acceptors (Lipinski definition) is 6. The van der Waals surface area contributed by atoms with Gasteiger partial charge in [-0.05, 0) is 73.2 Å². The first-order chi connectivity index (χ1) is 23.0. The molecule has 6 rings (SSSR count). The van der Waals surface area contributed by atoms with E-state index >= 15 is 0 Å². The minimum atomic E-state index is -4.60. The molecule has 3 N–H and O–H groups in total. The number of halogens is 5. The highest BCUT2D eigenvalue weighted by atomic mass is 35.5. The molecule has 0 radical (unpaired) electrons. The van der Waals surface area contributed by atoms with Crippen LogP contribution < -0.4 is 20.7 Å². The van der Waals surface area contributed by atoms with Crippen LogP contribution in [0.3, 0.4) is 0 Å². The summed E-state index contributed by atoms with van der Waals surface area (Å²) in [6.45, 7) is 5.23. The Labute approximate surface area is 287 Å². The van der Waals surface area contributed by atoms with Crippen molar-refractivity contribution in [3.63, 3.8) is 0 Å². The number of carbonyl (C=O) groups is 2. The average Bonchev–Trinajstić information content (AvgIpc) is 3.47. The Bertz CT molecular complexity index is 1560. The molecule has 0 aromatic heterocycles. The number of nitrogens with zero attached hydrogens (tertiary/aromatic N) is 2. The number of benzene rings is 3. The van der Waals surface area contributed by atoms with Crippen LogP contribution in [-0.4, -0.2) is 67.5 Å². The molecule has 3 saturated heterocycles. The molecule has 13 heteroatoms. The summed E-state index contributed by atoms with van der Waals surface area (Å²) < 4.78 is 47.6. The SMILES string of the molecule is CCOc1cc(C(F)(F)F)ccc1C1(C(=O)N2CCC(CN3CCNC(=O)C3)CC2)NC(c2ccc(Cl)cc2)C(c2ccc(Cl)cc2)N1. The lowest BCUT2D eigenvalue weighted by molar-refractivity contribution is -0.141. The van der Waals surface area contributed by atoms with Crippen LogP contribution in [0.5, 0.6) is 5.75 Å². The Morgan fingerprint density at radius 2 is 1.50 bits per heavy atom. The molecule has 3 fully saturated rings. The van der Waals surface area contributed by atoms with Crippen LogP contribution >= 0.6 is 23.2 Å². The third-order valence-electron chi connectivity index (χ3n) is 9.40. The molecule has 0 bridgehead atoms. The van der Waals surface area contributed by atoms with Crippen molar-refractivity contribution in [1.29, 1.82) is 0 Å². The highest BCUT2D eigenvalue weighted by Crippen LogP contribution is 2.46. The molecule has 0 aliphatic carbocycles. The predicted molar refractivity (Wildman–Crippen MR) is 178 cm³/mol. The van der Waals surface area contributed by atoms with Crippen LogP contribution in [0.2, 0.25) is 10.0 Å². The predicted octanol–water partition coefficient (Wildman–Crippen LogP) is 5.91. The maximum absolute atomic E-state index is 15.0. The zero-order valence-electron chi connectivity index (χ0n) is 26.5. The maximum atomic E-state index is 15.0. The first-order valence-corrected chi connectivity index (χ1v) is 16.9. The van der Waals surface area contributed by atoms with Gasteiger partial charge in [-0.15, -0.1) is 0 Å². The lowest BCUT2D eigenvalue weighted by atomic mass is 9.91. The topological polar surface area (TPSA) is 85.9 Å². The van der Waals surface area contributed by atoms with Crippen molar-refractivity contribution in [3.05, 3.63) is 99.0 Å². The van der Waals surface area contributed by atoms with Crippen LogP contribution in [0.15, 0.2) is 66.7 Å². The summed E-state index contributed by atoms with van der Waals surface area (Å²) in [4.78, 5) is 30.8. The maximum Gasteiger partial charge on any atom is 0.416 e. The van der Waals surface area contributed by atoms with E-state index in [9.17, 15) is 22.8 Å². The second-order valence-electron chi connectivity index (χ2n) is 12.6. The zero-order chi connectivity index (χ0) is 34.1. The van der Waals surface area contributed by atoms with Crippen molar-refractivity contribution >= 4 is 35.0 Å². The summed E-state index contributed by atoms with van der Waals surface area (Å²) in [5.74, 6) is -0.0321. The molecule has 3 aromatic carbocycles. The van der Waals surface area contributed by atoms with Gasteiger partial charge in [0.1, 0.15) is 5.75 Å². The van der Waals surface area contributed by atoms with Gasteiger partial charge >= 0.3 is 6.18 Å². The third kappa shape index (κ3) is 7.30. The van der Waals surface area contributed by atoms with Gasteiger partial charge in [-0.25, -0.2) is 0 Å². The molecule has 48 heavy (non-hydrogen) atoms. The van der Waals surface area contributed by atoms with Gasteiger partial charge in [0, 0.05) is 48.3 Å². The van der Waals surface area contributed by atoms with Crippen LogP contribution in [0, 0.1) is 5.92 Å². The van der Waals surface area contributed by atoms with E-state index in [1.54, 1.807) is 36.1 Å². The minimum absolute atomic E-state index is 0.0151. The van der Waals surface area contributed by atoms with E-state index in [2.05, 4.69) is 20.9 Å². The van der Waals surface area contributed by atoms with Crippen molar-refractivity contribution < 1.29 is 27.5 Å². The molecular weight excluding hydrogens is 666 g/mol. The Morgan fingerprint density at radius 1 is 0.917 bits per heavy atom. The van der Waals surface area contributed by atoms with Gasteiger partial charge in [-0.1, -0.05) is 53.5 Å². The van der Waals surface area contributed by atoms with Gasteiger partial charge in [0.15, 0.2) is 5.66 Å². The van der Waals surface area contributed by atoms with E-state index in [1.807, 2.05) is 24.3 Å². The third-order valence-corrected chi connectivity index (χ3v) is 9.91. The van der Waals surface area contributed by atoms with E-state index < -0.39 is 29.5 Å². The van der Waals surface area contributed by atoms with Gasteiger partial charge in [-0.3, -0.25) is 25.1 Å². The van der Waals surface area contributed by atoms with Crippen LogP contribution in [0.4, 0.5) is 13.2 Å². The van der Waals surface area contributed by atoms with Crippen molar-refractivity contribution in [1.82, 2.24) is 25.8 Å². The Morgan fingerprint density at radius 3 is 2.02 bits per heavy atom. The fourth-order valence-corrected chi connectivity index (χ4v) is 7.26. The smallest absolute Gasteiger partial charge is 0.416 e. The summed E-state index contributed by atoms with van der Waals surface area (Å²) in [6.07, 6.45) is -3.15. The van der Waals surface area contributed by atoms with Gasteiger partial charge < -0.3 is 15.0 Å². The van der Waals surface area contributed by atoms with Gasteiger partial charge in [0.05, 0.1) is 30.8 Å².